The lowest BCUT2D eigenvalue weighted by Gasteiger charge is -2.31. The summed E-state index contributed by atoms with van der Waals surface area (Å²) in [7, 11) is 4.50. The van der Waals surface area contributed by atoms with Crippen molar-refractivity contribution in [2.45, 2.75) is 6.61 Å². The molecule has 8 nitrogen and oxygen atoms in total. The number of aromatic carboxylic acids is 1. The van der Waals surface area contributed by atoms with E-state index in [0.29, 0.717) is 21.5 Å². The lowest BCUT2D eigenvalue weighted by Crippen LogP contribution is -2.52. The number of benzene rings is 2. The van der Waals surface area contributed by atoms with Crippen LogP contribution in [0.2, 0.25) is 0 Å². The normalized spacial score (nSPS) is 14.0. The maximum Gasteiger partial charge on any atom is 0.335 e. The molecule has 0 atom stereocenters. The largest absolute Gasteiger partial charge is 0.493 e. The molecule has 1 aliphatic heterocycles. The third-order valence-electron chi connectivity index (χ3n) is 4.79. The fourth-order valence-corrected chi connectivity index (χ4v) is 3.74. The second-order valence-corrected chi connectivity index (χ2v) is 8.11. The van der Waals surface area contributed by atoms with Crippen molar-refractivity contribution in [3.8, 4) is 11.5 Å². The lowest BCUT2D eigenvalue weighted by atomic mass is 10.1. The Kier molecular flexibility index (Phi) is 6.95. The van der Waals surface area contributed by atoms with Crippen LogP contribution in [-0.4, -0.2) is 59.0 Å². The summed E-state index contributed by atoms with van der Waals surface area (Å²) in [5.74, 6) is -1.16. The number of rotatable bonds is 6. The molecule has 2 aromatic rings. The topological polar surface area (TPSA) is 96.4 Å². The summed E-state index contributed by atoms with van der Waals surface area (Å²) >= 11 is 8.55. The number of carboxylic acid groups (broad SMARTS) is 1. The Morgan fingerprint density at radius 3 is 2.25 bits per heavy atom. The van der Waals surface area contributed by atoms with Crippen molar-refractivity contribution in [2.24, 2.45) is 0 Å². The van der Waals surface area contributed by atoms with E-state index in [1.54, 1.807) is 24.3 Å². The van der Waals surface area contributed by atoms with Crippen molar-refractivity contribution in [2.75, 3.05) is 21.2 Å². The van der Waals surface area contributed by atoms with Crippen molar-refractivity contribution >= 4 is 57.1 Å². The lowest BCUT2D eigenvalue weighted by molar-refractivity contribution is -0.132. The first kappa shape index (κ1) is 23.4. The van der Waals surface area contributed by atoms with E-state index in [-0.39, 0.29) is 22.9 Å². The number of halogens is 1. The molecular weight excluding hydrogens is 500 g/mol. The van der Waals surface area contributed by atoms with Gasteiger partial charge < -0.3 is 14.6 Å². The van der Waals surface area contributed by atoms with Crippen molar-refractivity contribution in [1.82, 2.24) is 9.80 Å². The molecule has 0 aliphatic carbocycles. The van der Waals surface area contributed by atoms with Crippen LogP contribution in [0.4, 0.5) is 0 Å². The molecule has 0 spiro atoms. The minimum Gasteiger partial charge on any atom is -0.493 e. The van der Waals surface area contributed by atoms with E-state index in [2.05, 4.69) is 15.9 Å². The molecule has 166 valence electrons. The van der Waals surface area contributed by atoms with Crippen LogP contribution in [0.15, 0.2) is 46.4 Å². The SMILES string of the molecule is COc1cc(C=C2C(=O)N(C)C(=S)N(C)C2=O)cc(Br)c1OCc1ccc(C(=O)O)cc1. The molecule has 0 bridgehead atoms. The third kappa shape index (κ3) is 4.66. The van der Waals surface area contributed by atoms with Crippen LogP contribution in [-0.2, 0) is 16.2 Å². The second kappa shape index (κ2) is 9.49. The van der Waals surface area contributed by atoms with Crippen LogP contribution >= 0.6 is 28.1 Å². The smallest absolute Gasteiger partial charge is 0.335 e. The molecule has 32 heavy (non-hydrogen) atoms. The third-order valence-corrected chi connectivity index (χ3v) is 5.93. The number of carbonyl (C=O) groups excluding carboxylic acids is 2. The van der Waals surface area contributed by atoms with Gasteiger partial charge in [0.2, 0.25) is 0 Å². The van der Waals surface area contributed by atoms with E-state index in [0.717, 1.165) is 5.56 Å². The van der Waals surface area contributed by atoms with Gasteiger partial charge in [0.15, 0.2) is 16.6 Å². The number of hydrogen-bond acceptors (Lipinski definition) is 6. The zero-order valence-corrected chi connectivity index (χ0v) is 19.8. The Bertz CT molecular complexity index is 1120. The summed E-state index contributed by atoms with van der Waals surface area (Å²) in [6.07, 6.45) is 1.47. The standard InChI is InChI=1S/C22H19BrN2O6S/c1-24-19(26)15(20(27)25(2)22(24)32)8-13-9-16(23)18(17(10-13)30-3)31-11-12-4-6-14(7-5-12)21(28)29/h4-10H,11H2,1-3H3,(H,28,29). The Morgan fingerprint density at radius 1 is 1.12 bits per heavy atom. The molecule has 0 unspecified atom stereocenters. The zero-order chi connectivity index (χ0) is 23.6. The molecule has 0 saturated carbocycles. The molecule has 0 aromatic heterocycles. The number of ether oxygens (including phenoxy) is 2. The Morgan fingerprint density at radius 2 is 1.72 bits per heavy atom. The molecule has 2 aromatic carbocycles. The highest BCUT2D eigenvalue weighted by molar-refractivity contribution is 9.10. The predicted molar refractivity (Wildman–Crippen MR) is 125 cm³/mol. The van der Waals surface area contributed by atoms with Gasteiger partial charge in [-0.2, -0.15) is 0 Å². The van der Waals surface area contributed by atoms with Gasteiger partial charge in [0.05, 0.1) is 17.1 Å². The van der Waals surface area contributed by atoms with Crippen molar-refractivity contribution in [3.63, 3.8) is 0 Å². The van der Waals surface area contributed by atoms with Gasteiger partial charge in [0, 0.05) is 14.1 Å². The molecule has 2 amide bonds. The average molecular weight is 519 g/mol. The summed E-state index contributed by atoms with van der Waals surface area (Å²) in [5.41, 5.74) is 1.49. The minimum atomic E-state index is -0.999. The maximum atomic E-state index is 12.5. The molecule has 1 heterocycles. The first-order valence-corrected chi connectivity index (χ1v) is 10.5. The number of hydrogen-bond donors (Lipinski definition) is 1. The quantitative estimate of drug-likeness (QED) is 0.355. The highest BCUT2D eigenvalue weighted by atomic mass is 79.9. The van der Waals surface area contributed by atoms with Crippen LogP contribution in [0.5, 0.6) is 11.5 Å². The van der Waals surface area contributed by atoms with Gasteiger partial charge in [-0.25, -0.2) is 4.79 Å². The predicted octanol–water partition coefficient (Wildman–Crippen LogP) is 3.33. The van der Waals surface area contributed by atoms with E-state index in [9.17, 15) is 14.4 Å². The number of nitrogens with zero attached hydrogens (tertiary/aromatic N) is 2. The molecular formula is C22H19BrN2O6S. The fraction of sp³-hybridized carbons (Fsp3) is 0.182. The van der Waals surface area contributed by atoms with Gasteiger partial charge in [0.1, 0.15) is 12.2 Å². The van der Waals surface area contributed by atoms with E-state index in [1.165, 1.54) is 49.2 Å². The van der Waals surface area contributed by atoms with Crippen molar-refractivity contribution in [3.05, 3.63) is 63.1 Å². The Labute approximate surface area is 198 Å². The molecule has 1 N–H and O–H groups in total. The van der Waals surface area contributed by atoms with Crippen LogP contribution in [0.1, 0.15) is 21.5 Å². The summed E-state index contributed by atoms with van der Waals surface area (Å²) in [6.45, 7) is 0.180. The summed E-state index contributed by atoms with van der Waals surface area (Å²) in [4.78, 5) is 38.5. The summed E-state index contributed by atoms with van der Waals surface area (Å²) in [5, 5.41) is 9.13. The molecule has 1 aliphatic rings. The molecule has 0 radical (unpaired) electrons. The number of methoxy groups -OCH3 is 1. The van der Waals surface area contributed by atoms with Gasteiger partial charge in [-0.1, -0.05) is 12.1 Å². The van der Waals surface area contributed by atoms with Gasteiger partial charge in [0.25, 0.3) is 11.8 Å². The number of likely N-dealkylation sites (N-methyl/N-ethyl adjacent to an activating group) is 2. The van der Waals surface area contributed by atoms with Gasteiger partial charge in [-0.15, -0.1) is 0 Å². The first-order valence-electron chi connectivity index (χ1n) is 9.28. The Hall–Kier alpha value is -3.24. The molecule has 1 fully saturated rings. The van der Waals surface area contributed by atoms with Gasteiger partial charge >= 0.3 is 5.97 Å². The number of carboxylic acids is 1. The second-order valence-electron chi connectivity index (χ2n) is 6.89. The molecule has 3 rings (SSSR count). The van der Waals surface area contributed by atoms with Crippen molar-refractivity contribution in [1.29, 1.82) is 0 Å². The van der Waals surface area contributed by atoms with E-state index >= 15 is 0 Å². The van der Waals surface area contributed by atoms with Crippen LogP contribution < -0.4 is 9.47 Å². The summed E-state index contributed by atoms with van der Waals surface area (Å²) < 4.78 is 11.9. The fourth-order valence-electron chi connectivity index (χ4n) is 3.00. The van der Waals surface area contributed by atoms with Crippen LogP contribution in [0.3, 0.4) is 0 Å². The number of thiocarbonyl (C=S) groups is 1. The molecule has 1 saturated heterocycles. The average Bonchev–Trinajstić information content (AvgIpc) is 2.78. The summed E-state index contributed by atoms with van der Waals surface area (Å²) in [6, 6.07) is 9.68. The number of carbonyl (C=O) groups is 3. The Balaban J connectivity index is 1.87. The maximum absolute atomic E-state index is 12.5. The van der Waals surface area contributed by atoms with Crippen LogP contribution in [0, 0.1) is 0 Å². The first-order chi connectivity index (χ1) is 15.1. The van der Waals surface area contributed by atoms with Gasteiger partial charge in [-0.05, 0) is 69.6 Å². The molecule has 10 heteroatoms. The number of amides is 2. The highest BCUT2D eigenvalue weighted by Crippen LogP contribution is 2.38. The van der Waals surface area contributed by atoms with E-state index in [1.807, 2.05) is 0 Å². The van der Waals surface area contributed by atoms with E-state index < -0.39 is 17.8 Å². The zero-order valence-electron chi connectivity index (χ0n) is 17.4. The van der Waals surface area contributed by atoms with E-state index in [4.69, 9.17) is 26.8 Å². The van der Waals surface area contributed by atoms with Crippen LogP contribution in [0.25, 0.3) is 6.08 Å². The monoisotopic (exact) mass is 518 g/mol. The highest BCUT2D eigenvalue weighted by Gasteiger charge is 2.35. The van der Waals surface area contributed by atoms with Crippen molar-refractivity contribution < 1.29 is 29.0 Å². The van der Waals surface area contributed by atoms with Gasteiger partial charge in [-0.3, -0.25) is 19.4 Å². The minimum absolute atomic E-state index is 0.0234.